The lowest BCUT2D eigenvalue weighted by Crippen LogP contribution is -2.55. The number of para-hydroxylation sites is 1. The van der Waals surface area contributed by atoms with Gasteiger partial charge in [0.15, 0.2) is 0 Å². The van der Waals surface area contributed by atoms with Crippen LogP contribution in [0.3, 0.4) is 0 Å². The van der Waals surface area contributed by atoms with Crippen LogP contribution >= 0.6 is 0 Å². The Morgan fingerprint density at radius 3 is 2.38 bits per heavy atom. The molecule has 0 bridgehead atoms. The lowest BCUT2D eigenvalue weighted by atomic mass is 10.0. The van der Waals surface area contributed by atoms with E-state index in [2.05, 4.69) is 16.0 Å². The third-order valence-corrected chi connectivity index (χ3v) is 7.01. The first-order valence-corrected chi connectivity index (χ1v) is 13.8. The van der Waals surface area contributed by atoms with Crippen molar-refractivity contribution >= 4 is 29.5 Å². The molecule has 40 heavy (non-hydrogen) atoms. The van der Waals surface area contributed by atoms with Gasteiger partial charge >= 0.3 is 0 Å². The summed E-state index contributed by atoms with van der Waals surface area (Å²) in [5.41, 5.74) is 5.53. The Labute approximate surface area is 234 Å². The summed E-state index contributed by atoms with van der Waals surface area (Å²) in [6, 6.07) is 4.19. The minimum Gasteiger partial charge on any atom is -0.491 e. The van der Waals surface area contributed by atoms with Crippen molar-refractivity contribution in [3.63, 3.8) is 0 Å². The molecule has 2 aliphatic rings. The Morgan fingerprint density at radius 2 is 1.73 bits per heavy atom. The van der Waals surface area contributed by atoms with E-state index in [4.69, 9.17) is 15.2 Å². The second-order valence-corrected chi connectivity index (χ2v) is 10.9. The molecular weight excluding hydrogens is 518 g/mol. The van der Waals surface area contributed by atoms with E-state index in [1.165, 1.54) is 0 Å². The van der Waals surface area contributed by atoms with Gasteiger partial charge in [-0.25, -0.2) is 0 Å². The monoisotopic (exact) mass is 559 g/mol. The van der Waals surface area contributed by atoms with Gasteiger partial charge in [0.05, 0.1) is 23.8 Å². The van der Waals surface area contributed by atoms with Crippen LogP contribution < -0.4 is 26.4 Å². The fourth-order valence-electron chi connectivity index (χ4n) is 4.81. The van der Waals surface area contributed by atoms with Gasteiger partial charge in [-0.1, -0.05) is 26.0 Å². The van der Waals surface area contributed by atoms with Crippen LogP contribution in [-0.2, 0) is 23.9 Å². The molecule has 0 aliphatic carbocycles. The van der Waals surface area contributed by atoms with Crippen molar-refractivity contribution in [3.05, 3.63) is 29.8 Å². The number of nitrogens with zero attached hydrogens (tertiary/aromatic N) is 1. The number of ether oxygens (including phenoxy) is 2. The summed E-state index contributed by atoms with van der Waals surface area (Å²) < 4.78 is 11.7. The molecule has 2 heterocycles. The molecule has 0 saturated carbocycles. The lowest BCUT2D eigenvalue weighted by Gasteiger charge is -2.37. The Bertz CT molecular complexity index is 1080. The van der Waals surface area contributed by atoms with Crippen molar-refractivity contribution in [1.29, 1.82) is 0 Å². The summed E-state index contributed by atoms with van der Waals surface area (Å²) >= 11 is 0. The summed E-state index contributed by atoms with van der Waals surface area (Å²) in [7, 11) is 0. The zero-order valence-corrected chi connectivity index (χ0v) is 23.6. The van der Waals surface area contributed by atoms with Crippen LogP contribution in [0.2, 0.25) is 0 Å². The van der Waals surface area contributed by atoms with E-state index in [1.807, 2.05) is 27.7 Å². The summed E-state index contributed by atoms with van der Waals surface area (Å²) in [5.74, 6) is -2.15. The first-order chi connectivity index (χ1) is 18.9. The molecule has 1 fully saturated rings. The molecule has 0 spiro atoms. The zero-order chi connectivity index (χ0) is 29.4. The van der Waals surface area contributed by atoms with Gasteiger partial charge < -0.3 is 36.1 Å². The lowest BCUT2D eigenvalue weighted by molar-refractivity contribution is -0.145. The Hall–Kier alpha value is -3.67. The normalized spacial score (nSPS) is 26.8. The molecule has 1 aromatic rings. The molecule has 220 valence electrons. The summed E-state index contributed by atoms with van der Waals surface area (Å²) in [5, 5.41) is 8.38. The number of morpholine rings is 1. The summed E-state index contributed by atoms with van der Waals surface area (Å²) in [6.07, 6.45) is -0.581. The highest BCUT2D eigenvalue weighted by Crippen LogP contribution is 2.21. The quantitative estimate of drug-likeness (QED) is 0.407. The molecule has 1 aromatic carbocycles. The van der Waals surface area contributed by atoms with E-state index in [0.29, 0.717) is 18.8 Å². The fraction of sp³-hybridized carbons (Fsp3) is 0.607. The minimum absolute atomic E-state index is 0.00166. The molecule has 5 N–H and O–H groups in total. The number of benzene rings is 1. The number of carbonyl (C=O) groups excluding carboxylic acids is 5. The third-order valence-electron chi connectivity index (χ3n) is 7.01. The maximum Gasteiger partial charge on any atom is 0.255 e. The van der Waals surface area contributed by atoms with E-state index >= 15 is 0 Å². The minimum atomic E-state index is -1.01. The van der Waals surface area contributed by atoms with Crippen molar-refractivity contribution in [2.24, 2.45) is 11.7 Å². The first kappa shape index (κ1) is 30.9. The number of nitrogens with two attached hydrogens (primary N) is 1. The number of hydrogen-bond acceptors (Lipinski definition) is 7. The number of hydrogen-bond donors (Lipinski definition) is 4. The second-order valence-electron chi connectivity index (χ2n) is 10.9. The number of amides is 5. The summed E-state index contributed by atoms with van der Waals surface area (Å²) in [6.45, 7) is 8.31. The Kier molecular flexibility index (Phi) is 10.9. The highest BCUT2D eigenvalue weighted by molar-refractivity contribution is 6.00. The van der Waals surface area contributed by atoms with Crippen molar-refractivity contribution in [2.45, 2.75) is 83.7 Å². The Balaban J connectivity index is 1.93. The van der Waals surface area contributed by atoms with Crippen LogP contribution in [0.5, 0.6) is 5.75 Å². The molecule has 12 heteroatoms. The van der Waals surface area contributed by atoms with Crippen LogP contribution in [-0.4, -0.2) is 84.5 Å². The largest absolute Gasteiger partial charge is 0.491 e. The molecule has 0 radical (unpaired) electrons. The number of primary amides is 1. The average Bonchev–Trinajstić information content (AvgIpc) is 2.89. The Morgan fingerprint density at radius 1 is 1.05 bits per heavy atom. The van der Waals surface area contributed by atoms with E-state index in [-0.39, 0.29) is 61.9 Å². The van der Waals surface area contributed by atoms with Gasteiger partial charge in [0.2, 0.25) is 23.6 Å². The molecular formula is C28H41N5O7. The smallest absolute Gasteiger partial charge is 0.255 e. The molecule has 1 saturated heterocycles. The highest BCUT2D eigenvalue weighted by atomic mass is 16.5. The van der Waals surface area contributed by atoms with Gasteiger partial charge in [-0.2, -0.15) is 0 Å². The number of nitrogens with one attached hydrogen (secondary N) is 3. The molecule has 5 atom stereocenters. The zero-order valence-electron chi connectivity index (χ0n) is 23.6. The standard InChI is InChI=1S/C28H41N5O7/c1-16(2)22-15-39-23-8-6-5-7-19(23)26(36)31-21(28(38)33-13-17(3)40-18(4)14-33)10-12-25(35)30-20(27(37)32-22)9-11-24(29)34/h5-8,16-18,20-22H,9-15H2,1-4H3,(H2,29,34)(H,30,35)(H,31,36)(H,32,37)/t17-,18+,20-,21-,22+/m0/s1. The first-order valence-electron chi connectivity index (χ1n) is 13.8. The third kappa shape index (κ3) is 8.67. The maximum atomic E-state index is 13.6. The number of carbonyl (C=O) groups is 5. The second kappa shape index (κ2) is 14.1. The van der Waals surface area contributed by atoms with Crippen LogP contribution in [0.1, 0.15) is 63.7 Å². The van der Waals surface area contributed by atoms with E-state index in [0.717, 1.165) is 0 Å². The van der Waals surface area contributed by atoms with Gasteiger partial charge in [-0.3, -0.25) is 24.0 Å². The predicted molar refractivity (Wildman–Crippen MR) is 146 cm³/mol. The topological polar surface area (TPSA) is 169 Å². The number of rotatable bonds is 5. The molecule has 3 rings (SSSR count). The maximum absolute atomic E-state index is 13.6. The summed E-state index contributed by atoms with van der Waals surface area (Å²) in [4.78, 5) is 66.2. The molecule has 0 aromatic heterocycles. The average molecular weight is 560 g/mol. The van der Waals surface area contributed by atoms with E-state index in [1.54, 1.807) is 29.2 Å². The van der Waals surface area contributed by atoms with E-state index < -0.39 is 41.8 Å². The van der Waals surface area contributed by atoms with Crippen LogP contribution in [0.15, 0.2) is 24.3 Å². The van der Waals surface area contributed by atoms with Crippen LogP contribution in [0.25, 0.3) is 0 Å². The van der Waals surface area contributed by atoms with Gasteiger partial charge in [-0.05, 0) is 44.7 Å². The van der Waals surface area contributed by atoms with Gasteiger partial charge in [-0.15, -0.1) is 0 Å². The van der Waals surface area contributed by atoms with Gasteiger partial charge in [0, 0.05) is 25.9 Å². The SMILES string of the molecule is CC(C)[C@H]1COc2ccccc2C(=O)N[C@H](C(=O)N2C[C@@H](C)O[C@@H](C)C2)CCC(=O)N[C@@H](CCC(N)=O)C(=O)N1. The van der Waals surface area contributed by atoms with Crippen LogP contribution in [0, 0.1) is 5.92 Å². The molecule has 0 unspecified atom stereocenters. The van der Waals surface area contributed by atoms with Crippen molar-refractivity contribution < 1.29 is 33.4 Å². The molecule has 12 nitrogen and oxygen atoms in total. The molecule has 5 amide bonds. The van der Waals surface area contributed by atoms with Crippen molar-refractivity contribution in [3.8, 4) is 5.75 Å². The molecule has 2 aliphatic heterocycles. The van der Waals surface area contributed by atoms with Gasteiger partial charge in [0.25, 0.3) is 5.91 Å². The van der Waals surface area contributed by atoms with Crippen molar-refractivity contribution in [2.75, 3.05) is 19.7 Å². The predicted octanol–water partition coefficient (Wildman–Crippen LogP) is 0.485. The van der Waals surface area contributed by atoms with Crippen molar-refractivity contribution in [1.82, 2.24) is 20.9 Å². The van der Waals surface area contributed by atoms with E-state index in [9.17, 15) is 24.0 Å². The number of fused-ring (bicyclic) bond motifs is 1. The van der Waals surface area contributed by atoms with Crippen LogP contribution in [0.4, 0.5) is 0 Å². The highest BCUT2D eigenvalue weighted by Gasteiger charge is 2.33. The van der Waals surface area contributed by atoms with Gasteiger partial charge in [0.1, 0.15) is 24.4 Å². The fourth-order valence-corrected chi connectivity index (χ4v) is 4.81.